The smallest absolute Gasteiger partial charge is 0.408 e. The van der Waals surface area contributed by atoms with Gasteiger partial charge in [-0.05, 0) is 45.8 Å². The fourth-order valence-corrected chi connectivity index (χ4v) is 6.38. The van der Waals surface area contributed by atoms with Crippen molar-refractivity contribution in [2.75, 3.05) is 13.2 Å². The molecule has 0 saturated carbocycles. The fourth-order valence-electron chi connectivity index (χ4n) is 2.86. The number of esters is 1. The number of alkyl carbamates (subject to hydrolysis) is 1. The number of amides is 1. The molecule has 0 aromatic carbocycles. The molecule has 9 nitrogen and oxygen atoms in total. The number of rotatable bonds is 9. The number of carbonyl (C=O) groups excluding carboxylic acids is 2. The van der Waals surface area contributed by atoms with Crippen LogP contribution in [-0.2, 0) is 13.9 Å². The summed E-state index contributed by atoms with van der Waals surface area (Å²) in [5.74, 6) is -0.446. The van der Waals surface area contributed by atoms with Crippen molar-refractivity contribution in [3.05, 3.63) is 26.8 Å². The van der Waals surface area contributed by atoms with Crippen LogP contribution < -0.4 is 5.32 Å². The van der Waals surface area contributed by atoms with E-state index >= 15 is 0 Å². The Kier molecular flexibility index (Phi) is 9.51. The minimum absolute atomic E-state index is 0.0256. The van der Waals surface area contributed by atoms with Crippen LogP contribution >= 0.6 is 34.0 Å². The van der Waals surface area contributed by atoms with Crippen LogP contribution in [0.4, 0.5) is 4.79 Å². The second-order valence-electron chi connectivity index (χ2n) is 11.1. The highest BCUT2D eigenvalue weighted by Crippen LogP contribution is 2.38. The van der Waals surface area contributed by atoms with E-state index in [1.165, 1.54) is 34.0 Å². The first-order valence-electron chi connectivity index (χ1n) is 12.3. The molecular weight excluding hydrogens is 561 g/mol. The van der Waals surface area contributed by atoms with Gasteiger partial charge in [0.25, 0.3) is 0 Å². The average Bonchev–Trinajstić information content (AvgIpc) is 3.54. The predicted octanol–water partition coefficient (Wildman–Crippen LogP) is 7.15. The Hall–Kier alpha value is -2.19. The van der Waals surface area contributed by atoms with Gasteiger partial charge in [0, 0.05) is 16.1 Å². The van der Waals surface area contributed by atoms with Crippen LogP contribution in [0, 0.1) is 0 Å². The maximum absolute atomic E-state index is 12.6. The summed E-state index contributed by atoms with van der Waals surface area (Å²) in [6, 6.07) is -0.469. The summed E-state index contributed by atoms with van der Waals surface area (Å²) in [7, 11) is -2.07. The molecule has 1 amide bonds. The average molecular weight is 597 g/mol. The highest BCUT2D eigenvalue weighted by Gasteiger charge is 2.38. The van der Waals surface area contributed by atoms with Gasteiger partial charge in [0.2, 0.25) is 0 Å². The zero-order chi connectivity index (χ0) is 28.3. The van der Waals surface area contributed by atoms with Gasteiger partial charge in [-0.15, -0.1) is 34.0 Å². The lowest BCUT2D eigenvalue weighted by molar-refractivity contribution is 0.0481. The summed E-state index contributed by atoms with van der Waals surface area (Å²) in [4.78, 5) is 38.5. The van der Waals surface area contributed by atoms with E-state index in [1.54, 1.807) is 12.3 Å². The summed E-state index contributed by atoms with van der Waals surface area (Å²) >= 11 is 4.21. The van der Waals surface area contributed by atoms with Gasteiger partial charge in [-0.2, -0.15) is 0 Å². The number of nitrogens with zero attached hydrogens (tertiary/aromatic N) is 3. The molecule has 38 heavy (non-hydrogen) atoms. The minimum Gasteiger partial charge on any atom is -0.461 e. The second-order valence-corrected chi connectivity index (χ2v) is 18.6. The topological polar surface area (TPSA) is 113 Å². The van der Waals surface area contributed by atoms with Crippen molar-refractivity contribution in [1.29, 1.82) is 0 Å². The van der Waals surface area contributed by atoms with Crippen LogP contribution in [0.2, 0.25) is 18.1 Å². The maximum atomic E-state index is 12.6. The quantitative estimate of drug-likeness (QED) is 0.205. The van der Waals surface area contributed by atoms with E-state index in [4.69, 9.17) is 23.9 Å². The number of aromatic nitrogens is 3. The van der Waals surface area contributed by atoms with Gasteiger partial charge >= 0.3 is 12.1 Å². The SMILES string of the molecule is CCOC(=O)c1csc(-c2csc(-c3csc(C(CO[Si](C)(C)C(C)(C)C)NC(=O)OC(C)(C)C)n3)n2)n1. The molecule has 0 aliphatic rings. The molecule has 13 heteroatoms. The fraction of sp³-hybridized carbons (Fsp3) is 0.560. The van der Waals surface area contributed by atoms with Gasteiger partial charge in [-0.3, -0.25) is 0 Å². The van der Waals surface area contributed by atoms with Crippen molar-refractivity contribution >= 4 is 54.4 Å². The lowest BCUT2D eigenvalue weighted by Crippen LogP contribution is -2.44. The van der Waals surface area contributed by atoms with E-state index < -0.39 is 32.0 Å². The van der Waals surface area contributed by atoms with Gasteiger partial charge in [-0.25, -0.2) is 24.5 Å². The first kappa shape index (κ1) is 30.3. The molecule has 0 bridgehead atoms. The van der Waals surface area contributed by atoms with Crippen LogP contribution in [0.25, 0.3) is 21.4 Å². The van der Waals surface area contributed by atoms with Crippen molar-refractivity contribution in [3.63, 3.8) is 0 Å². The molecule has 0 radical (unpaired) electrons. The third-order valence-corrected chi connectivity index (χ3v) is 13.0. The number of hydrogen-bond donors (Lipinski definition) is 1. The Morgan fingerprint density at radius 3 is 2.18 bits per heavy atom. The Bertz CT molecular complexity index is 1260. The van der Waals surface area contributed by atoms with Crippen molar-refractivity contribution in [1.82, 2.24) is 20.3 Å². The van der Waals surface area contributed by atoms with Gasteiger partial charge in [0.1, 0.15) is 38.1 Å². The Balaban J connectivity index is 1.81. The van der Waals surface area contributed by atoms with Crippen molar-refractivity contribution in [2.24, 2.45) is 0 Å². The molecule has 1 N–H and O–H groups in total. The molecule has 0 aliphatic carbocycles. The van der Waals surface area contributed by atoms with Gasteiger partial charge in [0.05, 0.1) is 13.2 Å². The first-order valence-corrected chi connectivity index (χ1v) is 17.8. The van der Waals surface area contributed by atoms with Gasteiger partial charge in [0.15, 0.2) is 14.0 Å². The van der Waals surface area contributed by atoms with Crippen LogP contribution in [0.3, 0.4) is 0 Å². The zero-order valence-electron chi connectivity index (χ0n) is 23.3. The molecule has 3 aromatic rings. The number of hydrogen-bond acceptors (Lipinski definition) is 11. The molecule has 0 fully saturated rings. The zero-order valence-corrected chi connectivity index (χ0v) is 26.8. The summed E-state index contributed by atoms with van der Waals surface area (Å²) in [6.07, 6.45) is -0.518. The number of carbonyl (C=O) groups is 2. The Morgan fingerprint density at radius 1 is 0.947 bits per heavy atom. The van der Waals surface area contributed by atoms with E-state index in [9.17, 15) is 9.59 Å². The van der Waals surface area contributed by atoms with Crippen molar-refractivity contribution < 1.29 is 23.5 Å². The van der Waals surface area contributed by atoms with Crippen LogP contribution in [0.5, 0.6) is 0 Å². The molecule has 0 spiro atoms. The van der Waals surface area contributed by atoms with E-state index in [1.807, 2.05) is 31.5 Å². The van der Waals surface area contributed by atoms with Crippen LogP contribution in [-0.4, -0.2) is 54.1 Å². The highest BCUT2D eigenvalue weighted by molar-refractivity contribution is 7.16. The predicted molar refractivity (Wildman–Crippen MR) is 156 cm³/mol. The van der Waals surface area contributed by atoms with E-state index in [2.05, 4.69) is 44.2 Å². The van der Waals surface area contributed by atoms with Crippen molar-refractivity contribution in [3.8, 4) is 21.4 Å². The van der Waals surface area contributed by atoms with Gasteiger partial charge in [-0.1, -0.05) is 20.8 Å². The maximum Gasteiger partial charge on any atom is 0.408 e. The molecule has 3 aromatic heterocycles. The van der Waals surface area contributed by atoms with Gasteiger partial charge < -0.3 is 19.2 Å². The summed E-state index contributed by atoms with van der Waals surface area (Å²) in [5, 5.41) is 10.5. The number of thiazole rings is 3. The molecule has 1 atom stereocenters. The number of ether oxygens (including phenoxy) is 2. The molecule has 1 unspecified atom stereocenters. The molecule has 3 rings (SSSR count). The monoisotopic (exact) mass is 596 g/mol. The summed E-state index contributed by atoms with van der Waals surface area (Å²) < 4.78 is 17.0. The standard InChI is InChI=1S/C25H36N4O5S3Si/c1-10-32-22(30)18-14-37-21(28-18)17-13-36-20(27-17)16-12-35-19(26-16)15(29-23(31)34-24(2,3)4)11-33-38(8,9)25(5,6)7/h12-15H,10-11H2,1-9H3,(H,29,31). The molecule has 3 heterocycles. The summed E-state index contributed by atoms with van der Waals surface area (Å²) in [5.41, 5.74) is 1.02. The first-order chi connectivity index (χ1) is 17.6. The lowest BCUT2D eigenvalue weighted by atomic mass is 10.2. The van der Waals surface area contributed by atoms with E-state index in [0.29, 0.717) is 34.6 Å². The van der Waals surface area contributed by atoms with Crippen LogP contribution in [0.1, 0.15) is 70.0 Å². The molecular formula is C25H36N4O5S3Si. The van der Waals surface area contributed by atoms with E-state index in [0.717, 1.165) is 5.01 Å². The molecule has 0 aliphatic heterocycles. The third-order valence-electron chi connectivity index (χ3n) is 5.86. The summed E-state index contributed by atoms with van der Waals surface area (Å²) in [6.45, 7) is 18.7. The molecule has 0 saturated heterocycles. The Labute approximate surface area is 237 Å². The molecule has 208 valence electrons. The largest absolute Gasteiger partial charge is 0.461 e. The minimum atomic E-state index is -2.07. The van der Waals surface area contributed by atoms with Crippen LogP contribution in [0.15, 0.2) is 16.1 Å². The second kappa shape index (κ2) is 11.9. The van der Waals surface area contributed by atoms with Crippen molar-refractivity contribution in [2.45, 2.75) is 78.2 Å². The highest BCUT2D eigenvalue weighted by atomic mass is 32.1. The van der Waals surface area contributed by atoms with E-state index in [-0.39, 0.29) is 10.7 Å². The third kappa shape index (κ3) is 7.91. The lowest BCUT2D eigenvalue weighted by Gasteiger charge is -2.37. The normalized spacial score (nSPS) is 13.3. The number of nitrogens with one attached hydrogen (secondary N) is 1. The Morgan fingerprint density at radius 2 is 1.55 bits per heavy atom.